The summed E-state index contributed by atoms with van der Waals surface area (Å²) in [5, 5.41) is 0. The van der Waals surface area contributed by atoms with Crippen LogP contribution in [0.15, 0.2) is 24.9 Å². The molecule has 2 amide bonds. The Bertz CT molecular complexity index is 756. The summed E-state index contributed by atoms with van der Waals surface area (Å²) in [6, 6.07) is -0.394. The molecule has 0 unspecified atom stereocenters. The highest BCUT2D eigenvalue weighted by Crippen LogP contribution is 2.38. The van der Waals surface area contributed by atoms with Gasteiger partial charge in [-0.25, -0.2) is 9.97 Å². The van der Waals surface area contributed by atoms with E-state index in [1.54, 1.807) is 42.7 Å². The molecule has 1 N–H and O–H groups in total. The minimum absolute atomic E-state index is 0.0525. The highest BCUT2D eigenvalue weighted by molar-refractivity contribution is 5.90. The van der Waals surface area contributed by atoms with Gasteiger partial charge in [0.1, 0.15) is 11.9 Å². The second-order valence-electron chi connectivity index (χ2n) is 6.50. The summed E-state index contributed by atoms with van der Waals surface area (Å²) in [5.74, 6) is 0.0952. The molecule has 2 atom stereocenters. The number of hydrogen-bond acceptors (Lipinski definition) is 5. The maximum Gasteiger partial charge on any atom is 0.228 e. The van der Waals surface area contributed by atoms with E-state index in [9.17, 15) is 9.59 Å². The predicted molar refractivity (Wildman–Crippen MR) is 92.7 cm³/mol. The number of ether oxygens (including phenoxy) is 1. The van der Waals surface area contributed by atoms with E-state index in [0.29, 0.717) is 25.5 Å². The van der Waals surface area contributed by atoms with Crippen molar-refractivity contribution in [3.63, 3.8) is 0 Å². The van der Waals surface area contributed by atoms with Gasteiger partial charge in [-0.3, -0.25) is 9.59 Å². The Morgan fingerprint density at radius 3 is 2.92 bits per heavy atom. The van der Waals surface area contributed by atoms with Crippen LogP contribution < -0.4 is 0 Å². The van der Waals surface area contributed by atoms with Gasteiger partial charge in [0.25, 0.3) is 0 Å². The molecule has 0 bridgehead atoms. The van der Waals surface area contributed by atoms with Gasteiger partial charge < -0.3 is 24.1 Å². The lowest BCUT2D eigenvalue weighted by molar-refractivity contribution is -0.136. The van der Waals surface area contributed by atoms with Crippen molar-refractivity contribution in [3.05, 3.63) is 36.4 Å². The molecule has 2 aromatic heterocycles. The third kappa shape index (κ3) is 3.48. The van der Waals surface area contributed by atoms with E-state index in [2.05, 4.69) is 15.0 Å². The van der Waals surface area contributed by atoms with E-state index in [0.717, 1.165) is 5.69 Å². The number of H-pyrrole nitrogens is 1. The van der Waals surface area contributed by atoms with Crippen molar-refractivity contribution >= 4 is 11.8 Å². The lowest BCUT2D eigenvalue weighted by Gasteiger charge is -2.29. The number of nitrogens with zero attached hydrogens (tertiary/aromatic N) is 5. The van der Waals surface area contributed by atoms with Gasteiger partial charge in [-0.2, -0.15) is 0 Å². The number of aryl methyl sites for hydroxylation is 1. The quantitative estimate of drug-likeness (QED) is 0.768. The van der Waals surface area contributed by atoms with Gasteiger partial charge in [0.15, 0.2) is 0 Å². The molecule has 1 aliphatic heterocycles. The number of likely N-dealkylation sites (tertiary alicyclic amines) is 1. The third-order valence-corrected chi connectivity index (χ3v) is 4.75. The van der Waals surface area contributed by atoms with Crippen molar-refractivity contribution in [3.8, 4) is 0 Å². The maximum atomic E-state index is 13.1. The molecular weight excluding hydrogens is 336 g/mol. The number of methoxy groups -OCH3 is 1. The fraction of sp³-hybridized carbons (Fsp3) is 0.529. The van der Waals surface area contributed by atoms with E-state index in [-0.39, 0.29) is 18.2 Å². The standard InChI is InChI=1S/C17H24N6O3/c1-21-5-4-19-16(21)15-13(8-14(24)23(15)6-7-26-3)17(25)22(2)10-12-9-18-11-20-12/h4-5,9,11,13,15H,6-8,10H2,1-3H3,(H,18,20)/t13-,15-/m0/s1. The van der Waals surface area contributed by atoms with Crippen molar-refractivity contribution < 1.29 is 14.3 Å². The molecule has 0 radical (unpaired) electrons. The summed E-state index contributed by atoms with van der Waals surface area (Å²) in [7, 11) is 5.20. The Hall–Kier alpha value is -2.68. The zero-order valence-electron chi connectivity index (χ0n) is 15.3. The molecule has 9 nitrogen and oxygen atoms in total. The van der Waals surface area contributed by atoms with Crippen LogP contribution in [0.3, 0.4) is 0 Å². The van der Waals surface area contributed by atoms with E-state index in [4.69, 9.17) is 4.74 Å². The zero-order valence-corrected chi connectivity index (χ0v) is 15.3. The Balaban J connectivity index is 1.84. The van der Waals surface area contributed by atoms with Crippen LogP contribution in [0.4, 0.5) is 0 Å². The second-order valence-corrected chi connectivity index (χ2v) is 6.50. The van der Waals surface area contributed by atoms with Crippen molar-refractivity contribution in [1.29, 1.82) is 0 Å². The largest absolute Gasteiger partial charge is 0.383 e. The molecule has 1 saturated heterocycles. The fourth-order valence-electron chi connectivity index (χ4n) is 3.43. The molecule has 26 heavy (non-hydrogen) atoms. The first-order chi connectivity index (χ1) is 12.5. The number of hydrogen-bond donors (Lipinski definition) is 1. The van der Waals surface area contributed by atoms with Crippen molar-refractivity contribution in [1.82, 2.24) is 29.3 Å². The van der Waals surface area contributed by atoms with Crippen molar-refractivity contribution in [2.75, 3.05) is 27.3 Å². The minimum Gasteiger partial charge on any atom is -0.383 e. The topological polar surface area (TPSA) is 96.3 Å². The number of carbonyl (C=O) groups excluding carboxylic acids is 2. The Morgan fingerprint density at radius 1 is 1.50 bits per heavy atom. The molecule has 1 fully saturated rings. The smallest absolute Gasteiger partial charge is 0.228 e. The lowest BCUT2D eigenvalue weighted by atomic mass is 9.97. The third-order valence-electron chi connectivity index (χ3n) is 4.75. The summed E-state index contributed by atoms with van der Waals surface area (Å²) >= 11 is 0. The highest BCUT2D eigenvalue weighted by atomic mass is 16.5. The fourth-order valence-corrected chi connectivity index (χ4v) is 3.43. The minimum atomic E-state index is -0.478. The van der Waals surface area contributed by atoms with E-state index >= 15 is 0 Å². The van der Waals surface area contributed by atoms with E-state index in [1.807, 2.05) is 17.8 Å². The van der Waals surface area contributed by atoms with Crippen LogP contribution in [0.25, 0.3) is 0 Å². The first-order valence-corrected chi connectivity index (χ1v) is 8.50. The van der Waals surface area contributed by atoms with Crippen LogP contribution >= 0.6 is 0 Å². The SMILES string of the molecule is COCCN1C(=O)C[C@H](C(=O)N(C)Cc2cnc[nH]2)[C@H]1c1nccn1C. The van der Waals surface area contributed by atoms with Crippen molar-refractivity contribution in [2.24, 2.45) is 13.0 Å². The number of aromatic amines is 1. The molecule has 3 heterocycles. The van der Waals surface area contributed by atoms with Crippen LogP contribution in [0.1, 0.15) is 24.0 Å². The number of nitrogens with one attached hydrogen (secondary N) is 1. The molecule has 140 valence electrons. The Morgan fingerprint density at radius 2 is 2.31 bits per heavy atom. The molecule has 0 saturated carbocycles. The molecule has 3 rings (SSSR count). The Labute approximate surface area is 152 Å². The summed E-state index contributed by atoms with van der Waals surface area (Å²) in [4.78, 5) is 40.4. The number of rotatable bonds is 7. The van der Waals surface area contributed by atoms with Gasteiger partial charge in [-0.15, -0.1) is 0 Å². The first-order valence-electron chi connectivity index (χ1n) is 8.50. The van der Waals surface area contributed by atoms with Crippen molar-refractivity contribution in [2.45, 2.75) is 19.0 Å². The van der Waals surface area contributed by atoms with Gasteiger partial charge in [0.05, 0.1) is 31.1 Å². The van der Waals surface area contributed by atoms with Gasteiger partial charge in [0.2, 0.25) is 11.8 Å². The zero-order chi connectivity index (χ0) is 18.7. The second kappa shape index (κ2) is 7.69. The molecule has 0 aliphatic carbocycles. The van der Waals surface area contributed by atoms with Gasteiger partial charge >= 0.3 is 0 Å². The number of carbonyl (C=O) groups is 2. The van der Waals surface area contributed by atoms with Crippen LogP contribution in [-0.2, 0) is 27.9 Å². The Kier molecular flexibility index (Phi) is 5.36. The summed E-state index contributed by atoms with van der Waals surface area (Å²) in [6.07, 6.45) is 6.94. The first kappa shape index (κ1) is 18.1. The molecular formula is C17H24N6O3. The number of imidazole rings is 2. The normalized spacial score (nSPS) is 20.0. The summed E-state index contributed by atoms with van der Waals surface area (Å²) in [5.41, 5.74) is 0.843. The average Bonchev–Trinajstić information content (AvgIpc) is 3.33. The highest BCUT2D eigenvalue weighted by Gasteiger charge is 2.46. The summed E-state index contributed by atoms with van der Waals surface area (Å²) in [6.45, 7) is 1.26. The monoisotopic (exact) mass is 360 g/mol. The molecule has 9 heteroatoms. The molecule has 0 spiro atoms. The van der Waals surface area contributed by atoms with E-state index in [1.165, 1.54) is 0 Å². The maximum absolute atomic E-state index is 13.1. The van der Waals surface area contributed by atoms with Gasteiger partial charge in [0, 0.05) is 52.8 Å². The molecule has 0 aromatic carbocycles. The number of amides is 2. The lowest BCUT2D eigenvalue weighted by Crippen LogP contribution is -2.38. The average molecular weight is 360 g/mol. The van der Waals surface area contributed by atoms with Gasteiger partial charge in [-0.05, 0) is 0 Å². The molecule has 1 aliphatic rings. The summed E-state index contributed by atoms with van der Waals surface area (Å²) < 4.78 is 6.99. The van der Waals surface area contributed by atoms with E-state index < -0.39 is 12.0 Å². The number of aromatic nitrogens is 4. The van der Waals surface area contributed by atoms with Crippen LogP contribution in [0, 0.1) is 5.92 Å². The van der Waals surface area contributed by atoms with Crippen LogP contribution in [0.5, 0.6) is 0 Å². The van der Waals surface area contributed by atoms with Gasteiger partial charge in [-0.1, -0.05) is 0 Å². The molecule has 2 aromatic rings. The van der Waals surface area contributed by atoms with Crippen LogP contribution in [0.2, 0.25) is 0 Å². The van der Waals surface area contributed by atoms with Crippen LogP contribution in [-0.4, -0.2) is 68.4 Å². The predicted octanol–water partition coefficient (Wildman–Crippen LogP) is 0.338.